The van der Waals surface area contributed by atoms with Crippen LogP contribution in [0.25, 0.3) is 0 Å². The summed E-state index contributed by atoms with van der Waals surface area (Å²) in [7, 11) is -2.09. The quantitative estimate of drug-likeness (QED) is 0.358. The first-order valence-electron chi connectivity index (χ1n) is 9.87. The Balaban J connectivity index is 0.00000289. The fraction of sp³-hybridized carbons (Fsp3) is 0.0769. The van der Waals surface area contributed by atoms with E-state index in [4.69, 9.17) is 0 Å². The third-order valence-electron chi connectivity index (χ3n) is 5.17. The molecule has 0 N–H and O–H groups in total. The van der Waals surface area contributed by atoms with Gasteiger partial charge in [-0.15, -0.1) is 13.2 Å². The van der Waals surface area contributed by atoms with Gasteiger partial charge in [0.1, 0.15) is 28.9 Å². The Morgan fingerprint density at radius 1 is 0.562 bits per heavy atom. The van der Waals surface area contributed by atoms with E-state index in [1.54, 1.807) is 12.1 Å². The number of benzene rings is 4. The molecule has 164 valence electrons. The first kappa shape index (κ1) is 24.0. The van der Waals surface area contributed by atoms with Crippen molar-refractivity contribution in [1.82, 2.24) is 0 Å². The zero-order valence-electron chi connectivity index (χ0n) is 17.0. The van der Waals surface area contributed by atoms with Crippen molar-refractivity contribution in [2.45, 2.75) is 12.5 Å². The molecular weight excluding hydrogens is 496 g/mol. The lowest BCUT2D eigenvalue weighted by Crippen LogP contribution is -3.00. The number of hydrogen-bond donors (Lipinski definition) is 0. The van der Waals surface area contributed by atoms with E-state index in [2.05, 4.69) is 41.1 Å². The van der Waals surface area contributed by atoms with Crippen LogP contribution in [0.2, 0.25) is 0 Å². The molecule has 0 heterocycles. The van der Waals surface area contributed by atoms with Crippen LogP contribution in [0.4, 0.5) is 13.2 Å². The third-order valence-corrected chi connectivity index (χ3v) is 9.55. The van der Waals surface area contributed by atoms with Crippen molar-refractivity contribution in [3.8, 4) is 5.75 Å². The highest BCUT2D eigenvalue weighted by Gasteiger charge is 2.45. The summed E-state index contributed by atoms with van der Waals surface area (Å²) in [5.74, 6) is -0.209. The van der Waals surface area contributed by atoms with Gasteiger partial charge >= 0.3 is 6.36 Å². The first-order chi connectivity index (χ1) is 15.0. The van der Waals surface area contributed by atoms with Gasteiger partial charge in [-0.2, -0.15) is 0 Å². The van der Waals surface area contributed by atoms with Gasteiger partial charge in [0.25, 0.3) is 0 Å². The maximum absolute atomic E-state index is 12.6. The van der Waals surface area contributed by atoms with Gasteiger partial charge in [0.05, 0.1) is 6.16 Å². The molecule has 6 heteroatoms. The highest BCUT2D eigenvalue weighted by Crippen LogP contribution is 2.58. The minimum absolute atomic E-state index is 0. The summed E-state index contributed by atoms with van der Waals surface area (Å²) in [6.45, 7) is 0. The average Bonchev–Trinajstić information content (AvgIpc) is 2.79. The van der Waals surface area contributed by atoms with E-state index in [0.717, 1.165) is 5.56 Å². The molecule has 32 heavy (non-hydrogen) atoms. The number of halogens is 4. The smallest absolute Gasteiger partial charge is 0.573 e. The van der Waals surface area contributed by atoms with Gasteiger partial charge in [-0.25, -0.2) is 0 Å². The Labute approximate surface area is 197 Å². The van der Waals surface area contributed by atoms with Crippen molar-refractivity contribution in [2.75, 3.05) is 0 Å². The van der Waals surface area contributed by atoms with Gasteiger partial charge in [0, 0.05) is 0 Å². The van der Waals surface area contributed by atoms with Gasteiger partial charge in [-0.3, -0.25) is 0 Å². The van der Waals surface area contributed by atoms with Gasteiger partial charge in [-0.05, 0) is 54.1 Å². The van der Waals surface area contributed by atoms with Crippen LogP contribution in [0.15, 0.2) is 115 Å². The fourth-order valence-corrected chi connectivity index (χ4v) is 8.08. The van der Waals surface area contributed by atoms with Crippen molar-refractivity contribution >= 4 is 23.2 Å². The zero-order valence-corrected chi connectivity index (χ0v) is 19.5. The van der Waals surface area contributed by atoms with Crippen molar-refractivity contribution in [1.29, 1.82) is 0 Å². The van der Waals surface area contributed by atoms with Crippen LogP contribution >= 0.6 is 7.26 Å². The van der Waals surface area contributed by atoms with E-state index in [9.17, 15) is 13.2 Å². The normalized spacial score (nSPS) is 11.5. The topological polar surface area (TPSA) is 9.23 Å². The van der Waals surface area contributed by atoms with E-state index in [-0.39, 0.29) is 22.7 Å². The lowest BCUT2D eigenvalue weighted by atomic mass is 10.2. The molecule has 0 fully saturated rings. The zero-order chi connectivity index (χ0) is 21.7. The lowest BCUT2D eigenvalue weighted by Gasteiger charge is -2.28. The van der Waals surface area contributed by atoms with Crippen LogP contribution in [0, 0.1) is 0 Å². The van der Waals surface area contributed by atoms with Gasteiger partial charge < -0.3 is 21.7 Å². The van der Waals surface area contributed by atoms with E-state index in [0.29, 0.717) is 6.16 Å². The van der Waals surface area contributed by atoms with Crippen LogP contribution in [0.3, 0.4) is 0 Å². The highest BCUT2D eigenvalue weighted by atomic mass is 79.9. The number of alkyl halides is 3. The van der Waals surface area contributed by atoms with E-state index in [1.807, 2.05) is 54.6 Å². The second kappa shape index (κ2) is 10.3. The Kier molecular flexibility index (Phi) is 7.76. The minimum atomic E-state index is -4.70. The molecule has 0 unspecified atom stereocenters. The van der Waals surface area contributed by atoms with Gasteiger partial charge in [-0.1, -0.05) is 66.7 Å². The lowest BCUT2D eigenvalue weighted by molar-refractivity contribution is -0.274. The molecule has 0 radical (unpaired) electrons. The van der Waals surface area contributed by atoms with Crippen LogP contribution in [-0.4, -0.2) is 6.36 Å². The molecule has 0 aliphatic heterocycles. The monoisotopic (exact) mass is 516 g/mol. The third kappa shape index (κ3) is 5.40. The molecule has 0 atom stereocenters. The molecule has 4 rings (SSSR count). The maximum atomic E-state index is 12.6. The molecule has 0 bridgehead atoms. The summed E-state index contributed by atoms with van der Waals surface area (Å²) < 4.78 is 41.7. The molecular formula is C26H21BrF3OP. The number of rotatable bonds is 6. The Morgan fingerprint density at radius 2 is 0.938 bits per heavy atom. The van der Waals surface area contributed by atoms with Crippen molar-refractivity contribution in [2.24, 2.45) is 0 Å². The van der Waals surface area contributed by atoms with Crippen molar-refractivity contribution < 1.29 is 34.9 Å². The van der Waals surface area contributed by atoms with Crippen molar-refractivity contribution in [3.05, 3.63) is 121 Å². The summed E-state index contributed by atoms with van der Waals surface area (Å²) in [6, 6.07) is 37.3. The molecule has 0 aliphatic carbocycles. The summed E-state index contributed by atoms with van der Waals surface area (Å²) >= 11 is 0. The van der Waals surface area contributed by atoms with Crippen LogP contribution < -0.4 is 37.6 Å². The van der Waals surface area contributed by atoms with Crippen LogP contribution in [-0.2, 0) is 6.16 Å². The molecule has 1 nitrogen and oxygen atoms in total. The Morgan fingerprint density at radius 3 is 1.28 bits per heavy atom. The second-order valence-electron chi connectivity index (χ2n) is 7.17. The highest BCUT2D eigenvalue weighted by molar-refractivity contribution is 7.95. The van der Waals surface area contributed by atoms with E-state index < -0.39 is 13.6 Å². The second-order valence-corrected chi connectivity index (χ2v) is 10.7. The molecule has 0 saturated carbocycles. The molecule has 0 amide bonds. The summed E-state index contributed by atoms with van der Waals surface area (Å²) in [5, 5.41) is 3.68. The predicted octanol–water partition coefficient (Wildman–Crippen LogP) is 3.08. The molecule has 4 aromatic rings. The predicted molar refractivity (Wildman–Crippen MR) is 122 cm³/mol. The number of hydrogen-bond acceptors (Lipinski definition) is 1. The van der Waals surface area contributed by atoms with E-state index in [1.165, 1.54) is 28.0 Å². The molecule has 0 spiro atoms. The summed E-state index contributed by atoms with van der Waals surface area (Å²) in [5.41, 5.74) is 0.958. The first-order valence-corrected chi connectivity index (χ1v) is 11.8. The standard InChI is InChI=1S/C26H21F3OP.BrH/c27-26(28,29)30-22-18-16-21(17-19-22)20-31(23-10-4-1-5-11-23,24-12-6-2-7-13-24)25-14-8-3-9-15-25;/h1-19H,20H2;1H/q+1;/p-1. The summed E-state index contributed by atoms with van der Waals surface area (Å²) in [6.07, 6.45) is -4.01. The summed E-state index contributed by atoms with van der Waals surface area (Å²) in [4.78, 5) is 0. The van der Waals surface area contributed by atoms with Crippen LogP contribution in [0.5, 0.6) is 5.75 Å². The average molecular weight is 517 g/mol. The molecule has 0 aliphatic rings. The van der Waals surface area contributed by atoms with Gasteiger partial charge in [0.15, 0.2) is 0 Å². The maximum Gasteiger partial charge on any atom is 0.573 e. The van der Waals surface area contributed by atoms with Crippen molar-refractivity contribution in [3.63, 3.8) is 0 Å². The van der Waals surface area contributed by atoms with Gasteiger partial charge in [0.2, 0.25) is 0 Å². The fourth-order valence-electron chi connectivity index (χ4n) is 3.84. The largest absolute Gasteiger partial charge is 1.00 e. The Bertz CT molecular complexity index is 1010. The number of ether oxygens (including phenoxy) is 1. The van der Waals surface area contributed by atoms with E-state index >= 15 is 0 Å². The molecule has 4 aromatic carbocycles. The Hall–Kier alpha value is -2.62. The molecule has 0 aromatic heterocycles. The SMILES string of the molecule is FC(F)(F)Oc1ccc(C[P+](c2ccccc2)(c2ccccc2)c2ccccc2)cc1.[Br-]. The van der Waals surface area contributed by atoms with Crippen LogP contribution in [0.1, 0.15) is 5.56 Å². The minimum Gasteiger partial charge on any atom is -1.00 e. The molecule has 0 saturated heterocycles.